The van der Waals surface area contributed by atoms with E-state index in [0.717, 1.165) is 6.42 Å². The van der Waals surface area contributed by atoms with Crippen molar-refractivity contribution < 1.29 is 0 Å². The molecule has 3 rings (SSSR count). The molecule has 1 aliphatic carbocycles. The van der Waals surface area contributed by atoms with Gasteiger partial charge in [-0.3, -0.25) is 4.98 Å². The zero-order chi connectivity index (χ0) is 14.7. The van der Waals surface area contributed by atoms with E-state index >= 15 is 0 Å². The van der Waals surface area contributed by atoms with Crippen LogP contribution in [-0.2, 0) is 12.8 Å². The summed E-state index contributed by atoms with van der Waals surface area (Å²) in [4.78, 5) is 4.64. The third-order valence-electron chi connectivity index (χ3n) is 4.68. The van der Waals surface area contributed by atoms with Crippen LogP contribution in [0.2, 0.25) is 0 Å². The molecule has 2 aromatic rings. The molecule has 1 heterocycles. The second kappa shape index (κ2) is 6.40. The van der Waals surface area contributed by atoms with E-state index in [1.165, 1.54) is 41.6 Å². The van der Waals surface area contributed by atoms with Crippen LogP contribution in [0.15, 0.2) is 42.6 Å². The Morgan fingerprint density at radius 1 is 1.29 bits per heavy atom. The number of rotatable bonds is 5. The second-order valence-corrected chi connectivity index (χ2v) is 6.12. The maximum atomic E-state index is 4.64. The number of hydrogen-bond acceptors (Lipinski definition) is 2. The molecule has 0 spiro atoms. The summed E-state index contributed by atoms with van der Waals surface area (Å²) in [7, 11) is 2.09. The number of likely N-dealkylation sites (N-methyl/N-ethyl adjacent to an activating group) is 1. The summed E-state index contributed by atoms with van der Waals surface area (Å²) in [5.41, 5.74) is 5.55. The van der Waals surface area contributed by atoms with Gasteiger partial charge in [0.1, 0.15) is 0 Å². The van der Waals surface area contributed by atoms with E-state index in [0.29, 0.717) is 12.0 Å². The number of nitrogens with one attached hydrogen (secondary N) is 1. The first kappa shape index (κ1) is 14.3. The third kappa shape index (κ3) is 3.16. The molecular weight excluding hydrogens is 256 g/mol. The fourth-order valence-electron chi connectivity index (χ4n) is 3.57. The van der Waals surface area contributed by atoms with E-state index in [1.54, 1.807) is 0 Å². The van der Waals surface area contributed by atoms with Crippen LogP contribution >= 0.6 is 0 Å². The lowest BCUT2D eigenvalue weighted by Gasteiger charge is -2.23. The van der Waals surface area contributed by atoms with Crippen molar-refractivity contribution in [3.8, 4) is 0 Å². The average molecular weight is 280 g/mol. The number of pyridine rings is 1. The molecule has 110 valence electrons. The molecule has 21 heavy (non-hydrogen) atoms. The van der Waals surface area contributed by atoms with Crippen molar-refractivity contribution in [3.05, 3.63) is 65.0 Å². The van der Waals surface area contributed by atoms with Gasteiger partial charge < -0.3 is 5.32 Å². The number of nitrogens with zero attached hydrogens (tertiary/aromatic N) is 1. The normalized spacial score (nSPS) is 18.5. The molecule has 0 bridgehead atoms. The highest BCUT2D eigenvalue weighted by Gasteiger charge is 2.29. The minimum Gasteiger partial charge on any atom is -0.316 e. The Labute approximate surface area is 127 Å². The predicted molar refractivity (Wildman–Crippen MR) is 87.6 cm³/mol. The van der Waals surface area contributed by atoms with E-state index in [-0.39, 0.29) is 0 Å². The first-order valence-corrected chi connectivity index (χ1v) is 7.94. The summed E-state index contributed by atoms with van der Waals surface area (Å²) in [5, 5.41) is 3.53. The topological polar surface area (TPSA) is 24.9 Å². The summed E-state index contributed by atoms with van der Waals surface area (Å²) >= 11 is 0. The van der Waals surface area contributed by atoms with Crippen LogP contribution in [0.1, 0.15) is 41.1 Å². The van der Waals surface area contributed by atoms with E-state index < -0.39 is 0 Å². The highest BCUT2D eigenvalue weighted by molar-refractivity contribution is 5.30. The van der Waals surface area contributed by atoms with Gasteiger partial charge in [0.2, 0.25) is 0 Å². The molecule has 0 amide bonds. The Morgan fingerprint density at radius 2 is 2.19 bits per heavy atom. The Balaban J connectivity index is 1.69. The van der Waals surface area contributed by atoms with Gasteiger partial charge in [0.05, 0.1) is 0 Å². The maximum Gasteiger partial charge on any atom is 0.0482 e. The fraction of sp³-hybridized carbons (Fsp3) is 0.421. The van der Waals surface area contributed by atoms with Crippen LogP contribution in [0.5, 0.6) is 0 Å². The molecule has 2 unspecified atom stereocenters. The summed E-state index contributed by atoms with van der Waals surface area (Å²) in [6.07, 6.45) is 6.64. The summed E-state index contributed by atoms with van der Waals surface area (Å²) in [6.45, 7) is 2.16. The van der Waals surface area contributed by atoms with Crippen molar-refractivity contribution in [2.24, 2.45) is 0 Å². The van der Waals surface area contributed by atoms with E-state index in [1.807, 2.05) is 6.20 Å². The van der Waals surface area contributed by atoms with Crippen molar-refractivity contribution in [1.82, 2.24) is 10.3 Å². The molecule has 2 heteroatoms. The molecule has 1 aliphatic rings. The predicted octanol–water partition coefficient (Wildman–Crippen LogP) is 3.64. The molecule has 0 saturated heterocycles. The standard InChI is InChI=1S/C19H24N2/c1-14-5-3-6-15(13-14)8-11-18(20-2)17-10-9-16-7-4-12-21-19(16)17/h3-7,12-13,17-18,20H,8-11H2,1-2H3. The Kier molecular flexibility index (Phi) is 4.35. The van der Waals surface area contributed by atoms with Crippen molar-refractivity contribution in [3.63, 3.8) is 0 Å². The van der Waals surface area contributed by atoms with Crippen LogP contribution in [0, 0.1) is 6.92 Å². The van der Waals surface area contributed by atoms with Crippen LogP contribution in [0.3, 0.4) is 0 Å². The van der Waals surface area contributed by atoms with E-state index in [9.17, 15) is 0 Å². The lowest BCUT2D eigenvalue weighted by molar-refractivity contribution is 0.427. The number of hydrogen-bond donors (Lipinski definition) is 1. The molecule has 2 nitrogen and oxygen atoms in total. The molecule has 1 aromatic heterocycles. The second-order valence-electron chi connectivity index (χ2n) is 6.12. The Hall–Kier alpha value is -1.67. The van der Waals surface area contributed by atoms with Crippen molar-refractivity contribution >= 4 is 0 Å². The molecular formula is C19H24N2. The smallest absolute Gasteiger partial charge is 0.0482 e. The largest absolute Gasteiger partial charge is 0.316 e. The van der Waals surface area contributed by atoms with Crippen molar-refractivity contribution in [2.45, 2.75) is 44.6 Å². The molecule has 0 aliphatic heterocycles. The van der Waals surface area contributed by atoms with Gasteiger partial charge in [-0.25, -0.2) is 0 Å². The maximum absolute atomic E-state index is 4.64. The lowest BCUT2D eigenvalue weighted by atomic mass is 9.91. The van der Waals surface area contributed by atoms with E-state index in [4.69, 9.17) is 0 Å². The Bertz CT molecular complexity index is 606. The third-order valence-corrected chi connectivity index (χ3v) is 4.68. The SMILES string of the molecule is CNC(CCc1cccc(C)c1)C1CCc2cccnc21. The summed E-state index contributed by atoms with van der Waals surface area (Å²) in [5.74, 6) is 0.566. The molecule has 1 aromatic carbocycles. The van der Waals surface area contributed by atoms with Crippen LogP contribution < -0.4 is 5.32 Å². The van der Waals surface area contributed by atoms with Gasteiger partial charge in [-0.15, -0.1) is 0 Å². The summed E-state index contributed by atoms with van der Waals surface area (Å²) in [6, 6.07) is 13.7. The molecule has 0 fully saturated rings. The van der Waals surface area contributed by atoms with Crippen LogP contribution in [0.25, 0.3) is 0 Å². The van der Waals surface area contributed by atoms with Crippen LogP contribution in [-0.4, -0.2) is 18.1 Å². The van der Waals surface area contributed by atoms with Gasteiger partial charge in [-0.2, -0.15) is 0 Å². The number of benzene rings is 1. The number of fused-ring (bicyclic) bond motifs is 1. The molecule has 1 N–H and O–H groups in total. The molecule has 0 radical (unpaired) electrons. The van der Waals surface area contributed by atoms with Gasteiger partial charge in [-0.05, 0) is 56.8 Å². The van der Waals surface area contributed by atoms with Crippen molar-refractivity contribution in [2.75, 3.05) is 7.05 Å². The zero-order valence-electron chi connectivity index (χ0n) is 13.0. The van der Waals surface area contributed by atoms with Gasteiger partial charge in [-0.1, -0.05) is 35.9 Å². The van der Waals surface area contributed by atoms with Crippen molar-refractivity contribution in [1.29, 1.82) is 0 Å². The summed E-state index contributed by atoms with van der Waals surface area (Å²) < 4.78 is 0. The Morgan fingerprint density at radius 3 is 3.00 bits per heavy atom. The highest BCUT2D eigenvalue weighted by atomic mass is 14.9. The average Bonchev–Trinajstić information content (AvgIpc) is 2.92. The minimum absolute atomic E-state index is 0.515. The first-order chi connectivity index (χ1) is 10.3. The van der Waals surface area contributed by atoms with Gasteiger partial charge >= 0.3 is 0 Å². The van der Waals surface area contributed by atoms with Gasteiger partial charge in [0.15, 0.2) is 0 Å². The first-order valence-electron chi connectivity index (χ1n) is 7.94. The van der Waals surface area contributed by atoms with Crippen LogP contribution in [0.4, 0.5) is 0 Å². The zero-order valence-corrected chi connectivity index (χ0v) is 13.0. The fourth-order valence-corrected chi connectivity index (χ4v) is 3.57. The van der Waals surface area contributed by atoms with Gasteiger partial charge in [0.25, 0.3) is 0 Å². The lowest BCUT2D eigenvalue weighted by Crippen LogP contribution is -2.32. The van der Waals surface area contributed by atoms with E-state index in [2.05, 4.69) is 60.7 Å². The van der Waals surface area contributed by atoms with Gasteiger partial charge in [0, 0.05) is 23.9 Å². The molecule has 0 saturated carbocycles. The highest BCUT2D eigenvalue weighted by Crippen LogP contribution is 2.35. The number of aromatic nitrogens is 1. The quantitative estimate of drug-likeness (QED) is 0.904. The number of aryl methyl sites for hydroxylation is 3. The molecule has 2 atom stereocenters. The minimum atomic E-state index is 0.515. The monoisotopic (exact) mass is 280 g/mol.